The maximum atomic E-state index is 12.7. The van der Waals surface area contributed by atoms with Gasteiger partial charge in [-0.15, -0.1) is 0 Å². The third-order valence-electron chi connectivity index (χ3n) is 3.20. The van der Waals surface area contributed by atoms with Gasteiger partial charge in [-0.25, -0.2) is 0 Å². The number of rotatable bonds is 6. The monoisotopic (exact) mass is 381 g/mol. The molecule has 0 heterocycles. The zero-order valence-corrected chi connectivity index (χ0v) is 16.8. The Kier molecular flexibility index (Phi) is 7.08. The summed E-state index contributed by atoms with van der Waals surface area (Å²) in [6.45, 7) is 10.0. The second-order valence-corrected chi connectivity index (χ2v) is 8.08. The number of nitro benzene ring substituents is 1. The van der Waals surface area contributed by atoms with E-state index in [9.17, 15) is 19.7 Å². The van der Waals surface area contributed by atoms with Gasteiger partial charge in [0.1, 0.15) is 11.2 Å². The average Bonchev–Trinajstić information content (AvgIpc) is 2.45. The molecule has 0 amide bonds. The van der Waals surface area contributed by atoms with Gasteiger partial charge in [0.15, 0.2) is 5.92 Å². The van der Waals surface area contributed by atoms with Gasteiger partial charge in [0.05, 0.1) is 17.1 Å². The summed E-state index contributed by atoms with van der Waals surface area (Å²) in [5.41, 5.74) is -1.65. The van der Waals surface area contributed by atoms with Crippen molar-refractivity contribution in [2.75, 3.05) is 7.11 Å². The molecular weight excluding hydrogens is 354 g/mol. The van der Waals surface area contributed by atoms with Gasteiger partial charge in [-0.3, -0.25) is 19.7 Å². The zero-order chi connectivity index (χ0) is 21.0. The molecule has 0 atom stereocenters. The first-order chi connectivity index (χ1) is 12.2. The number of ether oxygens (including phenoxy) is 3. The molecule has 0 aromatic heterocycles. The van der Waals surface area contributed by atoms with Crippen molar-refractivity contribution in [2.24, 2.45) is 0 Å². The number of methoxy groups -OCH3 is 1. The highest BCUT2D eigenvalue weighted by molar-refractivity contribution is 6.02. The quantitative estimate of drug-likeness (QED) is 0.321. The van der Waals surface area contributed by atoms with E-state index in [-0.39, 0.29) is 17.9 Å². The average molecular weight is 381 g/mol. The zero-order valence-electron chi connectivity index (χ0n) is 16.8. The molecular formula is C19H27NO7. The largest absolute Gasteiger partial charge is 0.459 e. The van der Waals surface area contributed by atoms with Crippen molar-refractivity contribution in [1.82, 2.24) is 0 Å². The molecule has 0 aliphatic heterocycles. The lowest BCUT2D eigenvalue weighted by molar-refractivity contribution is -0.385. The molecule has 1 aromatic carbocycles. The van der Waals surface area contributed by atoms with Crippen molar-refractivity contribution < 1.29 is 28.7 Å². The standard InChI is InChI=1S/C19H27NO7/c1-18(2,3)26-16(21)15(17(22)27-19(4,5)6)13-9-8-12(11-25-7)10-14(13)20(23)24/h8-10,15H,11H2,1-7H3. The SMILES string of the molecule is COCc1ccc(C(C(=O)OC(C)(C)C)C(=O)OC(C)(C)C)c([N+](=O)[O-])c1. The first-order valence-electron chi connectivity index (χ1n) is 8.47. The van der Waals surface area contributed by atoms with Crippen molar-refractivity contribution in [3.05, 3.63) is 39.4 Å². The van der Waals surface area contributed by atoms with Crippen LogP contribution in [0.1, 0.15) is 58.6 Å². The maximum Gasteiger partial charge on any atom is 0.325 e. The molecule has 1 rings (SSSR count). The Morgan fingerprint density at radius 1 is 1.04 bits per heavy atom. The Morgan fingerprint density at radius 2 is 1.52 bits per heavy atom. The van der Waals surface area contributed by atoms with Gasteiger partial charge in [-0.2, -0.15) is 0 Å². The molecule has 0 fully saturated rings. The van der Waals surface area contributed by atoms with Crippen molar-refractivity contribution in [3.63, 3.8) is 0 Å². The third kappa shape index (κ3) is 6.97. The molecule has 0 aliphatic carbocycles. The maximum absolute atomic E-state index is 12.7. The molecule has 0 spiro atoms. The van der Waals surface area contributed by atoms with Crippen LogP contribution in [0.5, 0.6) is 0 Å². The van der Waals surface area contributed by atoms with Gasteiger partial charge in [0, 0.05) is 13.2 Å². The number of hydrogen-bond acceptors (Lipinski definition) is 7. The van der Waals surface area contributed by atoms with Crippen LogP contribution in [0.15, 0.2) is 18.2 Å². The van der Waals surface area contributed by atoms with Crippen molar-refractivity contribution in [2.45, 2.75) is 65.3 Å². The van der Waals surface area contributed by atoms with E-state index in [4.69, 9.17) is 14.2 Å². The van der Waals surface area contributed by atoms with Crippen LogP contribution in [0.3, 0.4) is 0 Å². The Morgan fingerprint density at radius 3 is 1.89 bits per heavy atom. The van der Waals surface area contributed by atoms with Crippen LogP contribution in [0.25, 0.3) is 0 Å². The molecule has 0 radical (unpaired) electrons. The molecule has 150 valence electrons. The summed E-state index contributed by atoms with van der Waals surface area (Å²) < 4.78 is 15.6. The van der Waals surface area contributed by atoms with E-state index in [2.05, 4.69) is 0 Å². The Bertz CT molecular complexity index is 686. The van der Waals surface area contributed by atoms with Crippen molar-refractivity contribution in [3.8, 4) is 0 Å². The molecule has 0 aliphatic rings. The molecule has 0 N–H and O–H groups in total. The molecule has 0 saturated heterocycles. The van der Waals surface area contributed by atoms with Crippen LogP contribution >= 0.6 is 0 Å². The van der Waals surface area contributed by atoms with Gasteiger partial charge in [-0.1, -0.05) is 12.1 Å². The minimum absolute atomic E-state index is 0.0802. The van der Waals surface area contributed by atoms with Gasteiger partial charge in [0.25, 0.3) is 5.69 Å². The smallest absolute Gasteiger partial charge is 0.325 e. The van der Waals surface area contributed by atoms with Gasteiger partial charge < -0.3 is 14.2 Å². The fraction of sp³-hybridized carbons (Fsp3) is 0.579. The summed E-state index contributed by atoms with van der Waals surface area (Å²) in [7, 11) is 1.46. The summed E-state index contributed by atoms with van der Waals surface area (Å²) in [5.74, 6) is -3.38. The summed E-state index contributed by atoms with van der Waals surface area (Å²) in [5, 5.41) is 11.6. The van der Waals surface area contributed by atoms with Gasteiger partial charge in [-0.05, 0) is 47.1 Å². The summed E-state index contributed by atoms with van der Waals surface area (Å²) in [6.07, 6.45) is 0. The summed E-state index contributed by atoms with van der Waals surface area (Å²) in [6, 6.07) is 4.21. The van der Waals surface area contributed by atoms with Crippen LogP contribution in [-0.2, 0) is 30.4 Å². The minimum Gasteiger partial charge on any atom is -0.459 e. The van der Waals surface area contributed by atoms with Crippen molar-refractivity contribution >= 4 is 17.6 Å². The molecule has 1 aromatic rings. The molecule has 0 bridgehead atoms. The van der Waals surface area contributed by atoms with Gasteiger partial charge >= 0.3 is 11.9 Å². The van der Waals surface area contributed by atoms with Crippen LogP contribution in [0.4, 0.5) is 5.69 Å². The lowest BCUT2D eigenvalue weighted by Crippen LogP contribution is -2.35. The van der Waals surface area contributed by atoms with E-state index in [1.807, 2.05) is 0 Å². The molecule has 0 unspecified atom stereocenters. The molecule has 27 heavy (non-hydrogen) atoms. The van der Waals surface area contributed by atoms with E-state index in [1.54, 1.807) is 47.6 Å². The number of benzene rings is 1. The topological polar surface area (TPSA) is 105 Å². The predicted molar refractivity (Wildman–Crippen MR) is 98.2 cm³/mol. The molecule has 8 nitrogen and oxygen atoms in total. The summed E-state index contributed by atoms with van der Waals surface area (Å²) >= 11 is 0. The van der Waals surface area contributed by atoms with Crippen LogP contribution < -0.4 is 0 Å². The van der Waals surface area contributed by atoms with Crippen LogP contribution in [0, 0.1) is 10.1 Å². The van der Waals surface area contributed by atoms with E-state index in [1.165, 1.54) is 19.2 Å². The van der Waals surface area contributed by atoms with Crippen molar-refractivity contribution in [1.29, 1.82) is 0 Å². The lowest BCUT2D eigenvalue weighted by atomic mass is 9.95. The molecule has 8 heteroatoms. The van der Waals surface area contributed by atoms with Crippen LogP contribution in [0.2, 0.25) is 0 Å². The third-order valence-corrected chi connectivity index (χ3v) is 3.20. The molecule has 0 saturated carbocycles. The summed E-state index contributed by atoms with van der Waals surface area (Å²) in [4.78, 5) is 36.3. The van der Waals surface area contributed by atoms with E-state index < -0.39 is 34.0 Å². The highest BCUT2D eigenvalue weighted by Crippen LogP contribution is 2.32. The first-order valence-corrected chi connectivity index (χ1v) is 8.47. The number of nitrogens with zero attached hydrogens (tertiary/aromatic N) is 1. The minimum atomic E-state index is -1.57. The lowest BCUT2D eigenvalue weighted by Gasteiger charge is -2.26. The highest BCUT2D eigenvalue weighted by atomic mass is 16.6. The Hall–Kier alpha value is -2.48. The Balaban J connectivity index is 3.47. The Labute approximate surface area is 158 Å². The fourth-order valence-electron chi connectivity index (χ4n) is 2.32. The fourth-order valence-corrected chi connectivity index (χ4v) is 2.32. The number of esters is 2. The number of hydrogen-bond donors (Lipinski definition) is 0. The first kappa shape index (κ1) is 22.6. The van der Waals surface area contributed by atoms with Crippen LogP contribution in [-0.4, -0.2) is 35.2 Å². The van der Waals surface area contributed by atoms with E-state index >= 15 is 0 Å². The van der Waals surface area contributed by atoms with E-state index in [0.717, 1.165) is 0 Å². The second-order valence-electron chi connectivity index (χ2n) is 8.08. The normalized spacial score (nSPS) is 12.0. The van der Waals surface area contributed by atoms with Gasteiger partial charge in [0.2, 0.25) is 0 Å². The second kappa shape index (κ2) is 8.47. The highest BCUT2D eigenvalue weighted by Gasteiger charge is 2.40. The van der Waals surface area contributed by atoms with E-state index in [0.29, 0.717) is 5.56 Å². The number of carbonyl (C=O) groups excluding carboxylic acids is 2. The predicted octanol–water partition coefficient (Wildman–Crippen LogP) is 3.51. The number of nitro groups is 1. The number of carbonyl (C=O) groups is 2.